The number of aromatic nitrogens is 1. The molecule has 1 aromatic heterocycles. The number of hydrogen-bond acceptors (Lipinski definition) is 4. The molecule has 0 aliphatic heterocycles. The summed E-state index contributed by atoms with van der Waals surface area (Å²) in [5, 5.41) is 10.9. The molecule has 2 rings (SSSR count). The number of benzene rings is 1. The number of carbonyl (C=O) groups is 1. The third kappa shape index (κ3) is 3.79. The molecule has 0 aliphatic rings. The summed E-state index contributed by atoms with van der Waals surface area (Å²) in [4.78, 5) is 11.8. The average Bonchev–Trinajstić information content (AvgIpc) is 2.78. The van der Waals surface area contributed by atoms with E-state index < -0.39 is 0 Å². The normalized spacial score (nSPS) is 11.1. The summed E-state index contributed by atoms with van der Waals surface area (Å²) in [6, 6.07) is 7.98. The van der Waals surface area contributed by atoms with Crippen molar-refractivity contribution < 1.29 is 9.32 Å². The van der Waals surface area contributed by atoms with Crippen molar-refractivity contribution in [1.82, 2.24) is 15.8 Å². The number of hydrogen-bond donors (Lipinski definition) is 2. The fourth-order valence-corrected chi connectivity index (χ4v) is 1.84. The van der Waals surface area contributed by atoms with Crippen LogP contribution in [0.1, 0.15) is 19.5 Å². The van der Waals surface area contributed by atoms with Crippen LogP contribution in [0.5, 0.6) is 0 Å². The van der Waals surface area contributed by atoms with E-state index in [2.05, 4.69) is 29.6 Å². The molecule has 0 spiro atoms. The average molecular weight is 261 g/mol. The third-order valence-corrected chi connectivity index (χ3v) is 2.78. The first-order valence-electron chi connectivity index (χ1n) is 6.50. The summed E-state index contributed by atoms with van der Waals surface area (Å²) < 4.78 is 5.16. The van der Waals surface area contributed by atoms with Crippen molar-refractivity contribution >= 4 is 16.9 Å². The van der Waals surface area contributed by atoms with E-state index in [0.29, 0.717) is 23.9 Å². The van der Waals surface area contributed by atoms with E-state index in [4.69, 9.17) is 4.52 Å². The lowest BCUT2D eigenvalue weighted by Gasteiger charge is -2.08. The molecular formula is C14H19N3O2. The smallest absolute Gasteiger partial charge is 0.226 e. The molecule has 0 saturated heterocycles. The van der Waals surface area contributed by atoms with Crippen LogP contribution < -0.4 is 10.6 Å². The van der Waals surface area contributed by atoms with Gasteiger partial charge < -0.3 is 15.2 Å². The number of carbonyl (C=O) groups excluding carboxylic acids is 1. The Morgan fingerprint density at radius 1 is 1.32 bits per heavy atom. The van der Waals surface area contributed by atoms with Gasteiger partial charge in [-0.15, -0.1) is 0 Å². The van der Waals surface area contributed by atoms with Crippen LogP contribution in [-0.2, 0) is 11.2 Å². The van der Waals surface area contributed by atoms with Crippen molar-refractivity contribution in [2.75, 3.05) is 13.1 Å². The molecule has 1 aromatic carbocycles. The Labute approximate surface area is 112 Å². The standard InChI is InChI=1S/C14H19N3O2/c1-10(2)15-7-8-16-14(18)9-12-11-5-3-4-6-13(11)19-17-12/h3-6,10,15H,7-9H2,1-2H3,(H,16,18). The molecule has 1 heterocycles. The van der Waals surface area contributed by atoms with Crippen LogP contribution >= 0.6 is 0 Å². The minimum Gasteiger partial charge on any atom is -0.356 e. The molecule has 0 aliphatic carbocycles. The van der Waals surface area contributed by atoms with Gasteiger partial charge in [0.1, 0.15) is 5.69 Å². The third-order valence-electron chi connectivity index (χ3n) is 2.78. The van der Waals surface area contributed by atoms with Crippen LogP contribution in [0.3, 0.4) is 0 Å². The van der Waals surface area contributed by atoms with E-state index in [1.807, 2.05) is 24.3 Å². The Balaban J connectivity index is 1.85. The zero-order valence-electron chi connectivity index (χ0n) is 11.3. The minimum atomic E-state index is -0.0374. The lowest BCUT2D eigenvalue weighted by atomic mass is 10.1. The fraction of sp³-hybridized carbons (Fsp3) is 0.429. The molecule has 0 saturated carbocycles. The van der Waals surface area contributed by atoms with Gasteiger partial charge in [-0.25, -0.2) is 0 Å². The maximum Gasteiger partial charge on any atom is 0.226 e. The number of nitrogens with one attached hydrogen (secondary N) is 2. The van der Waals surface area contributed by atoms with Crippen LogP contribution in [-0.4, -0.2) is 30.2 Å². The SMILES string of the molecule is CC(C)NCCNC(=O)Cc1noc2ccccc12. The molecule has 5 heteroatoms. The highest BCUT2D eigenvalue weighted by atomic mass is 16.5. The van der Waals surface area contributed by atoms with Gasteiger partial charge >= 0.3 is 0 Å². The topological polar surface area (TPSA) is 67.2 Å². The largest absolute Gasteiger partial charge is 0.356 e. The second kappa shape index (κ2) is 6.33. The predicted molar refractivity (Wildman–Crippen MR) is 73.9 cm³/mol. The quantitative estimate of drug-likeness (QED) is 0.773. The Kier molecular flexibility index (Phi) is 4.52. The minimum absolute atomic E-state index is 0.0374. The number of amides is 1. The Hall–Kier alpha value is -1.88. The van der Waals surface area contributed by atoms with E-state index in [-0.39, 0.29) is 12.3 Å². The van der Waals surface area contributed by atoms with Gasteiger partial charge in [0.2, 0.25) is 5.91 Å². The van der Waals surface area contributed by atoms with Crippen LogP contribution in [0.25, 0.3) is 11.0 Å². The molecule has 102 valence electrons. The van der Waals surface area contributed by atoms with Crippen molar-refractivity contribution in [3.63, 3.8) is 0 Å². The second-order valence-electron chi connectivity index (χ2n) is 4.76. The van der Waals surface area contributed by atoms with Crippen LogP contribution in [0.2, 0.25) is 0 Å². The van der Waals surface area contributed by atoms with Gasteiger partial charge in [0.15, 0.2) is 5.58 Å². The van der Waals surface area contributed by atoms with Crippen LogP contribution in [0.15, 0.2) is 28.8 Å². The number of fused-ring (bicyclic) bond motifs is 1. The van der Waals surface area contributed by atoms with Gasteiger partial charge in [-0.05, 0) is 12.1 Å². The monoisotopic (exact) mass is 261 g/mol. The maximum atomic E-state index is 11.8. The summed E-state index contributed by atoms with van der Waals surface area (Å²) >= 11 is 0. The second-order valence-corrected chi connectivity index (χ2v) is 4.76. The zero-order chi connectivity index (χ0) is 13.7. The van der Waals surface area contributed by atoms with Gasteiger partial charge in [-0.1, -0.05) is 31.1 Å². The molecule has 0 unspecified atom stereocenters. The number of para-hydroxylation sites is 1. The molecule has 19 heavy (non-hydrogen) atoms. The van der Waals surface area contributed by atoms with E-state index in [1.54, 1.807) is 0 Å². The fourth-order valence-electron chi connectivity index (χ4n) is 1.84. The highest BCUT2D eigenvalue weighted by Gasteiger charge is 2.11. The van der Waals surface area contributed by atoms with E-state index in [0.717, 1.165) is 11.9 Å². The molecule has 5 nitrogen and oxygen atoms in total. The van der Waals surface area contributed by atoms with Crippen molar-refractivity contribution in [3.8, 4) is 0 Å². The molecule has 2 aromatic rings. The molecule has 0 radical (unpaired) electrons. The highest BCUT2D eigenvalue weighted by Crippen LogP contribution is 2.17. The maximum absolute atomic E-state index is 11.8. The lowest BCUT2D eigenvalue weighted by molar-refractivity contribution is -0.120. The Bertz CT molecular complexity index is 548. The molecule has 0 fully saturated rings. The van der Waals surface area contributed by atoms with Gasteiger partial charge in [0.05, 0.1) is 6.42 Å². The van der Waals surface area contributed by atoms with Gasteiger partial charge in [0.25, 0.3) is 0 Å². The lowest BCUT2D eigenvalue weighted by Crippen LogP contribution is -2.35. The Morgan fingerprint density at radius 3 is 2.89 bits per heavy atom. The molecule has 2 N–H and O–H groups in total. The summed E-state index contributed by atoms with van der Waals surface area (Å²) in [7, 11) is 0. The number of rotatable bonds is 6. The first kappa shape index (κ1) is 13.5. The summed E-state index contributed by atoms with van der Waals surface area (Å²) in [5.41, 5.74) is 1.40. The van der Waals surface area contributed by atoms with Crippen molar-refractivity contribution in [1.29, 1.82) is 0 Å². The molecule has 0 bridgehead atoms. The molecular weight excluding hydrogens is 242 g/mol. The van der Waals surface area contributed by atoms with Crippen molar-refractivity contribution in [3.05, 3.63) is 30.0 Å². The van der Waals surface area contributed by atoms with E-state index in [1.165, 1.54) is 0 Å². The predicted octanol–water partition coefficient (Wildman–Crippen LogP) is 1.48. The van der Waals surface area contributed by atoms with E-state index in [9.17, 15) is 4.79 Å². The van der Waals surface area contributed by atoms with Crippen LogP contribution in [0.4, 0.5) is 0 Å². The van der Waals surface area contributed by atoms with Crippen molar-refractivity contribution in [2.24, 2.45) is 0 Å². The van der Waals surface area contributed by atoms with E-state index >= 15 is 0 Å². The number of nitrogens with zero attached hydrogens (tertiary/aromatic N) is 1. The van der Waals surface area contributed by atoms with Crippen molar-refractivity contribution in [2.45, 2.75) is 26.3 Å². The summed E-state index contributed by atoms with van der Waals surface area (Å²) in [6.45, 7) is 5.53. The molecule has 1 amide bonds. The van der Waals surface area contributed by atoms with Gasteiger partial charge in [0, 0.05) is 24.5 Å². The summed E-state index contributed by atoms with van der Waals surface area (Å²) in [5.74, 6) is -0.0374. The first-order valence-corrected chi connectivity index (χ1v) is 6.50. The first-order chi connectivity index (χ1) is 9.16. The zero-order valence-corrected chi connectivity index (χ0v) is 11.3. The van der Waals surface area contributed by atoms with Crippen LogP contribution in [0, 0.1) is 0 Å². The summed E-state index contributed by atoms with van der Waals surface area (Å²) in [6.07, 6.45) is 0.249. The Morgan fingerprint density at radius 2 is 2.11 bits per heavy atom. The van der Waals surface area contributed by atoms with Gasteiger partial charge in [-0.3, -0.25) is 4.79 Å². The highest BCUT2D eigenvalue weighted by molar-refractivity contribution is 5.86. The molecule has 0 atom stereocenters. The van der Waals surface area contributed by atoms with Gasteiger partial charge in [-0.2, -0.15) is 0 Å².